The highest BCUT2D eigenvalue weighted by Crippen LogP contribution is 2.29. The van der Waals surface area contributed by atoms with Crippen molar-refractivity contribution in [1.82, 2.24) is 14.9 Å². The van der Waals surface area contributed by atoms with Gasteiger partial charge in [-0.05, 0) is 46.8 Å². The van der Waals surface area contributed by atoms with Crippen molar-refractivity contribution in [3.05, 3.63) is 35.1 Å². The Morgan fingerprint density at radius 2 is 1.90 bits per heavy atom. The highest BCUT2D eigenvalue weighted by Gasteiger charge is 2.25. The summed E-state index contributed by atoms with van der Waals surface area (Å²) in [7, 11) is 0. The molecule has 0 radical (unpaired) electrons. The van der Waals surface area contributed by atoms with Gasteiger partial charge in [-0.25, -0.2) is 4.98 Å². The van der Waals surface area contributed by atoms with E-state index < -0.39 is 0 Å². The van der Waals surface area contributed by atoms with Crippen LogP contribution in [-0.4, -0.2) is 32.9 Å². The van der Waals surface area contributed by atoms with Crippen LogP contribution < -0.4 is 0 Å². The minimum Gasteiger partial charge on any atom is -0.333 e. The molecule has 0 N–H and O–H groups in total. The molecule has 2 rings (SSSR count). The van der Waals surface area contributed by atoms with E-state index in [0.29, 0.717) is 0 Å². The van der Waals surface area contributed by atoms with Gasteiger partial charge in [0.2, 0.25) is 0 Å². The lowest BCUT2D eigenvalue weighted by Crippen LogP contribution is -2.41. The van der Waals surface area contributed by atoms with Gasteiger partial charge in [0, 0.05) is 30.0 Å². The van der Waals surface area contributed by atoms with Gasteiger partial charge in [-0.2, -0.15) is 0 Å². The molecule has 1 amide bonds. The van der Waals surface area contributed by atoms with E-state index in [2.05, 4.69) is 9.97 Å². The number of hydrogen-bond donors (Lipinski definition) is 0. The summed E-state index contributed by atoms with van der Waals surface area (Å²) in [6.07, 6.45) is 3.50. The predicted molar refractivity (Wildman–Crippen MR) is 86.5 cm³/mol. The molecule has 5 heteroatoms. The fraction of sp³-hybridized carbons (Fsp3) is 0.438. The van der Waals surface area contributed by atoms with E-state index in [0.717, 1.165) is 21.1 Å². The SMILES string of the molecule is Cc1nc(-c2cccnc2)sc1C(=O)N(C(C)C)C(C)C. The monoisotopic (exact) mass is 303 g/mol. The molecule has 0 saturated carbocycles. The minimum absolute atomic E-state index is 0.0603. The minimum atomic E-state index is 0.0603. The fourth-order valence-electron chi connectivity index (χ4n) is 2.39. The van der Waals surface area contributed by atoms with Crippen LogP contribution >= 0.6 is 11.3 Å². The zero-order valence-electron chi connectivity index (χ0n) is 13.1. The average molecular weight is 303 g/mol. The number of amides is 1. The van der Waals surface area contributed by atoms with Crippen molar-refractivity contribution in [3.8, 4) is 10.6 Å². The van der Waals surface area contributed by atoms with Gasteiger partial charge in [-0.1, -0.05) is 0 Å². The Bertz CT molecular complexity index is 612. The van der Waals surface area contributed by atoms with E-state index in [9.17, 15) is 4.79 Å². The second-order valence-electron chi connectivity index (χ2n) is 5.58. The molecule has 0 bridgehead atoms. The molecule has 0 saturated heterocycles. The van der Waals surface area contributed by atoms with Gasteiger partial charge >= 0.3 is 0 Å². The number of hydrogen-bond acceptors (Lipinski definition) is 4. The number of pyridine rings is 1. The van der Waals surface area contributed by atoms with E-state index >= 15 is 0 Å². The van der Waals surface area contributed by atoms with Gasteiger partial charge in [0.25, 0.3) is 5.91 Å². The lowest BCUT2D eigenvalue weighted by Gasteiger charge is -2.30. The molecule has 4 nitrogen and oxygen atoms in total. The Labute approximate surface area is 129 Å². The Morgan fingerprint density at radius 1 is 1.24 bits per heavy atom. The molecule has 2 heterocycles. The van der Waals surface area contributed by atoms with Gasteiger partial charge in [0.05, 0.1) is 5.69 Å². The number of rotatable bonds is 4. The van der Waals surface area contributed by atoms with Crippen molar-refractivity contribution in [2.75, 3.05) is 0 Å². The molecular formula is C16H21N3OS. The second-order valence-corrected chi connectivity index (χ2v) is 6.57. The predicted octanol–water partition coefficient (Wildman–Crippen LogP) is 3.77. The van der Waals surface area contributed by atoms with Crippen molar-refractivity contribution >= 4 is 17.2 Å². The van der Waals surface area contributed by atoms with Crippen LogP contribution in [-0.2, 0) is 0 Å². The largest absolute Gasteiger partial charge is 0.333 e. The van der Waals surface area contributed by atoms with Gasteiger partial charge in [0.1, 0.15) is 9.88 Å². The molecule has 112 valence electrons. The Morgan fingerprint density at radius 3 is 2.43 bits per heavy atom. The molecule has 2 aromatic heterocycles. The molecule has 2 aromatic rings. The summed E-state index contributed by atoms with van der Waals surface area (Å²) in [6, 6.07) is 4.17. The zero-order valence-corrected chi connectivity index (χ0v) is 13.9. The van der Waals surface area contributed by atoms with Crippen LogP contribution in [0.15, 0.2) is 24.5 Å². The lowest BCUT2D eigenvalue weighted by molar-refractivity contribution is 0.0648. The molecule has 21 heavy (non-hydrogen) atoms. The van der Waals surface area contributed by atoms with E-state index in [1.54, 1.807) is 12.4 Å². The topological polar surface area (TPSA) is 46.1 Å². The number of nitrogens with zero attached hydrogens (tertiary/aromatic N) is 3. The third kappa shape index (κ3) is 3.29. The molecule has 0 unspecified atom stereocenters. The third-order valence-corrected chi connectivity index (χ3v) is 4.44. The van der Waals surface area contributed by atoms with Crippen molar-refractivity contribution in [3.63, 3.8) is 0 Å². The highest BCUT2D eigenvalue weighted by atomic mass is 32.1. The Kier molecular flexibility index (Phi) is 4.73. The summed E-state index contributed by atoms with van der Waals surface area (Å²) in [5.41, 5.74) is 1.74. The first kappa shape index (κ1) is 15.6. The van der Waals surface area contributed by atoms with E-state index in [4.69, 9.17) is 0 Å². The average Bonchev–Trinajstić information content (AvgIpc) is 2.81. The van der Waals surface area contributed by atoms with Gasteiger partial charge in [-0.15, -0.1) is 11.3 Å². The van der Waals surface area contributed by atoms with Crippen LogP contribution in [0.2, 0.25) is 0 Å². The van der Waals surface area contributed by atoms with Crippen molar-refractivity contribution < 1.29 is 4.79 Å². The van der Waals surface area contributed by atoms with Crippen molar-refractivity contribution in [2.45, 2.75) is 46.7 Å². The first-order chi connectivity index (χ1) is 9.91. The number of aryl methyl sites for hydroxylation is 1. The Hall–Kier alpha value is -1.75. The van der Waals surface area contributed by atoms with Crippen molar-refractivity contribution in [1.29, 1.82) is 0 Å². The quantitative estimate of drug-likeness (QED) is 0.863. The van der Waals surface area contributed by atoms with Crippen LogP contribution in [0.5, 0.6) is 0 Å². The molecule has 0 spiro atoms. The van der Waals surface area contributed by atoms with Crippen LogP contribution in [0.4, 0.5) is 0 Å². The number of thiazole rings is 1. The first-order valence-corrected chi connectivity index (χ1v) is 7.94. The van der Waals surface area contributed by atoms with E-state index in [1.165, 1.54) is 11.3 Å². The lowest BCUT2D eigenvalue weighted by atomic mass is 10.2. The molecule has 0 aliphatic rings. The van der Waals surface area contributed by atoms with Gasteiger partial charge in [-0.3, -0.25) is 9.78 Å². The molecule has 0 aromatic carbocycles. The zero-order chi connectivity index (χ0) is 15.6. The third-order valence-electron chi connectivity index (χ3n) is 3.25. The highest BCUT2D eigenvalue weighted by molar-refractivity contribution is 7.17. The number of carbonyl (C=O) groups excluding carboxylic acids is 1. The summed E-state index contributed by atoms with van der Waals surface area (Å²) in [4.78, 5) is 24.0. The molecule has 0 aliphatic heterocycles. The maximum atomic E-state index is 12.8. The summed E-state index contributed by atoms with van der Waals surface area (Å²) in [5.74, 6) is 0.0603. The molecule has 0 aliphatic carbocycles. The number of carbonyl (C=O) groups is 1. The molecular weight excluding hydrogens is 282 g/mol. The standard InChI is InChI=1S/C16H21N3OS/c1-10(2)19(11(3)4)16(20)14-12(5)18-15(21-14)13-7-6-8-17-9-13/h6-11H,1-5H3. The number of aromatic nitrogens is 2. The maximum absolute atomic E-state index is 12.8. The van der Waals surface area contributed by atoms with Crippen LogP contribution in [0.25, 0.3) is 10.6 Å². The van der Waals surface area contributed by atoms with Crippen LogP contribution in [0, 0.1) is 6.92 Å². The maximum Gasteiger partial charge on any atom is 0.266 e. The van der Waals surface area contributed by atoms with Gasteiger partial charge in [0.15, 0.2) is 0 Å². The smallest absolute Gasteiger partial charge is 0.266 e. The summed E-state index contributed by atoms with van der Waals surface area (Å²) in [5, 5.41) is 0.844. The van der Waals surface area contributed by atoms with E-state index in [-0.39, 0.29) is 18.0 Å². The summed E-state index contributed by atoms with van der Waals surface area (Å²) in [6.45, 7) is 10.0. The van der Waals surface area contributed by atoms with Crippen LogP contribution in [0.3, 0.4) is 0 Å². The Balaban J connectivity index is 2.37. The first-order valence-electron chi connectivity index (χ1n) is 7.12. The molecule has 0 atom stereocenters. The van der Waals surface area contributed by atoms with Crippen LogP contribution in [0.1, 0.15) is 43.1 Å². The van der Waals surface area contributed by atoms with E-state index in [1.807, 2.05) is 51.7 Å². The van der Waals surface area contributed by atoms with Gasteiger partial charge < -0.3 is 4.90 Å². The second kappa shape index (κ2) is 6.35. The normalized spacial score (nSPS) is 11.2. The van der Waals surface area contributed by atoms with Crippen molar-refractivity contribution in [2.24, 2.45) is 0 Å². The molecule has 0 fully saturated rings. The summed E-state index contributed by atoms with van der Waals surface area (Å²) >= 11 is 1.44. The summed E-state index contributed by atoms with van der Waals surface area (Å²) < 4.78 is 0. The fourth-order valence-corrected chi connectivity index (χ4v) is 3.39.